The van der Waals surface area contributed by atoms with E-state index in [0.717, 1.165) is 10.0 Å². The predicted octanol–water partition coefficient (Wildman–Crippen LogP) is 4.18. The Morgan fingerprint density at radius 2 is 2.12 bits per heavy atom. The highest BCUT2D eigenvalue weighted by Crippen LogP contribution is 2.32. The lowest BCUT2D eigenvalue weighted by Gasteiger charge is -2.09. The second-order valence-electron chi connectivity index (χ2n) is 3.58. The molecule has 1 heterocycles. The van der Waals surface area contributed by atoms with Crippen molar-refractivity contribution in [3.63, 3.8) is 0 Å². The van der Waals surface area contributed by atoms with Crippen LogP contribution in [0.25, 0.3) is 0 Å². The molecule has 0 atom stereocenters. The van der Waals surface area contributed by atoms with Crippen LogP contribution in [0.15, 0.2) is 34.9 Å². The third kappa shape index (κ3) is 2.90. The maximum atomic E-state index is 6.06. The Morgan fingerprint density at radius 1 is 1.35 bits per heavy atom. The van der Waals surface area contributed by atoms with Crippen LogP contribution in [0.3, 0.4) is 0 Å². The molecule has 17 heavy (non-hydrogen) atoms. The highest BCUT2D eigenvalue weighted by molar-refractivity contribution is 9.10. The van der Waals surface area contributed by atoms with Crippen LogP contribution in [0.4, 0.5) is 5.69 Å². The van der Waals surface area contributed by atoms with E-state index in [1.54, 1.807) is 18.3 Å². The van der Waals surface area contributed by atoms with Crippen LogP contribution in [-0.4, -0.2) is 4.98 Å². The molecule has 0 saturated carbocycles. The zero-order valence-corrected chi connectivity index (χ0v) is 11.4. The smallest absolute Gasteiger partial charge is 0.242 e. The summed E-state index contributed by atoms with van der Waals surface area (Å²) in [6.45, 7) is 1.96. The van der Waals surface area contributed by atoms with Gasteiger partial charge in [0.25, 0.3) is 0 Å². The molecule has 0 amide bonds. The summed E-state index contributed by atoms with van der Waals surface area (Å²) in [5.41, 5.74) is 7.31. The molecule has 88 valence electrons. The monoisotopic (exact) mass is 312 g/mol. The van der Waals surface area contributed by atoms with Gasteiger partial charge in [0.15, 0.2) is 0 Å². The van der Waals surface area contributed by atoms with E-state index in [1.807, 2.05) is 19.1 Å². The molecule has 2 rings (SSSR count). The van der Waals surface area contributed by atoms with Gasteiger partial charge in [0.05, 0.1) is 10.7 Å². The largest absolute Gasteiger partial charge is 0.436 e. The quantitative estimate of drug-likeness (QED) is 0.904. The van der Waals surface area contributed by atoms with E-state index in [1.165, 1.54) is 0 Å². The Hall–Kier alpha value is -1.26. The van der Waals surface area contributed by atoms with Crippen molar-refractivity contribution < 1.29 is 4.74 Å². The minimum Gasteiger partial charge on any atom is -0.436 e. The lowest BCUT2D eigenvalue weighted by Crippen LogP contribution is -1.95. The van der Waals surface area contributed by atoms with E-state index in [9.17, 15) is 0 Å². The third-order valence-electron chi connectivity index (χ3n) is 2.14. The number of nitrogens with two attached hydrogens (primary N) is 1. The molecular formula is C12H10BrClN2O. The molecule has 0 unspecified atom stereocenters. The number of anilines is 1. The zero-order chi connectivity index (χ0) is 12.4. The fourth-order valence-corrected chi connectivity index (χ4v) is 1.94. The van der Waals surface area contributed by atoms with Crippen LogP contribution in [0, 0.1) is 6.92 Å². The summed E-state index contributed by atoms with van der Waals surface area (Å²) >= 11 is 9.34. The van der Waals surface area contributed by atoms with Crippen LogP contribution < -0.4 is 10.5 Å². The fraction of sp³-hybridized carbons (Fsp3) is 0.0833. The summed E-state index contributed by atoms with van der Waals surface area (Å²) in [4.78, 5) is 4.08. The molecule has 0 fully saturated rings. The van der Waals surface area contributed by atoms with Crippen LogP contribution >= 0.6 is 27.5 Å². The second kappa shape index (κ2) is 4.94. The van der Waals surface area contributed by atoms with Crippen LogP contribution in [0.5, 0.6) is 11.6 Å². The first kappa shape index (κ1) is 12.2. The minimum atomic E-state index is 0.346. The molecule has 3 nitrogen and oxygen atoms in total. The molecule has 1 aromatic heterocycles. The highest BCUT2D eigenvalue weighted by atomic mass is 79.9. The Balaban J connectivity index is 2.31. The Labute approximate surface area is 113 Å². The molecule has 2 aromatic rings. The van der Waals surface area contributed by atoms with Crippen LogP contribution in [-0.2, 0) is 0 Å². The summed E-state index contributed by atoms with van der Waals surface area (Å²) < 4.78 is 6.36. The number of nitrogen functional groups attached to an aromatic ring is 1. The molecule has 0 spiro atoms. The molecule has 0 bridgehead atoms. The molecule has 0 aliphatic carbocycles. The van der Waals surface area contributed by atoms with Gasteiger partial charge in [0, 0.05) is 10.7 Å². The molecule has 0 radical (unpaired) electrons. The van der Waals surface area contributed by atoms with E-state index < -0.39 is 0 Å². The number of aryl methyl sites for hydroxylation is 1. The highest BCUT2D eigenvalue weighted by Gasteiger charge is 2.07. The molecular weight excluding hydrogens is 304 g/mol. The van der Waals surface area contributed by atoms with Crippen LogP contribution in [0.2, 0.25) is 5.02 Å². The number of rotatable bonds is 2. The number of hydrogen-bond acceptors (Lipinski definition) is 3. The van der Waals surface area contributed by atoms with Crippen molar-refractivity contribution in [2.75, 3.05) is 5.73 Å². The fourth-order valence-electron chi connectivity index (χ4n) is 1.32. The van der Waals surface area contributed by atoms with Crippen molar-refractivity contribution in [3.8, 4) is 11.6 Å². The van der Waals surface area contributed by atoms with E-state index in [4.69, 9.17) is 22.1 Å². The molecule has 0 aliphatic rings. The van der Waals surface area contributed by atoms with Crippen LogP contribution in [0.1, 0.15) is 5.56 Å². The number of nitrogens with zero attached hydrogens (tertiary/aromatic N) is 1. The first-order valence-electron chi connectivity index (χ1n) is 4.91. The van der Waals surface area contributed by atoms with Gasteiger partial charge in [0.2, 0.25) is 5.88 Å². The average molecular weight is 314 g/mol. The summed E-state index contributed by atoms with van der Waals surface area (Å²) in [5, 5.41) is 0.536. The lowest BCUT2D eigenvalue weighted by atomic mass is 10.2. The number of ether oxygens (including phenoxy) is 1. The maximum absolute atomic E-state index is 6.06. The van der Waals surface area contributed by atoms with Crippen molar-refractivity contribution in [2.45, 2.75) is 6.92 Å². The molecule has 2 N–H and O–H groups in total. The lowest BCUT2D eigenvalue weighted by molar-refractivity contribution is 0.465. The van der Waals surface area contributed by atoms with Gasteiger partial charge in [-0.25, -0.2) is 4.98 Å². The first-order valence-corrected chi connectivity index (χ1v) is 6.08. The topological polar surface area (TPSA) is 48.1 Å². The molecule has 0 saturated heterocycles. The maximum Gasteiger partial charge on any atom is 0.242 e. The Morgan fingerprint density at radius 3 is 2.76 bits per heavy atom. The van der Waals surface area contributed by atoms with Gasteiger partial charge in [0.1, 0.15) is 5.75 Å². The molecule has 5 heteroatoms. The van der Waals surface area contributed by atoms with Gasteiger partial charge in [-0.1, -0.05) is 17.7 Å². The van der Waals surface area contributed by atoms with Gasteiger partial charge in [-0.05, 0) is 46.6 Å². The normalized spacial score (nSPS) is 10.3. The first-order chi connectivity index (χ1) is 8.06. The summed E-state index contributed by atoms with van der Waals surface area (Å²) in [6.07, 6.45) is 1.62. The standard InChI is InChI=1S/C12H10BrClN2O/c1-7-2-3-11(9(14)4-7)17-12-10(15)5-8(13)6-16-12/h2-6H,15H2,1H3. The van der Waals surface area contributed by atoms with Crippen molar-refractivity contribution in [3.05, 3.63) is 45.5 Å². The van der Waals surface area contributed by atoms with Crippen molar-refractivity contribution in [1.82, 2.24) is 4.98 Å². The average Bonchev–Trinajstić information content (AvgIpc) is 2.25. The van der Waals surface area contributed by atoms with E-state index in [2.05, 4.69) is 20.9 Å². The van der Waals surface area contributed by atoms with Gasteiger partial charge in [-0.2, -0.15) is 0 Å². The van der Waals surface area contributed by atoms with Gasteiger partial charge in [-0.15, -0.1) is 0 Å². The van der Waals surface area contributed by atoms with Gasteiger partial charge < -0.3 is 10.5 Å². The van der Waals surface area contributed by atoms with E-state index >= 15 is 0 Å². The summed E-state index contributed by atoms with van der Waals surface area (Å²) in [7, 11) is 0. The minimum absolute atomic E-state index is 0.346. The zero-order valence-electron chi connectivity index (χ0n) is 9.08. The number of benzene rings is 1. The second-order valence-corrected chi connectivity index (χ2v) is 4.91. The summed E-state index contributed by atoms with van der Waals surface area (Å²) in [5.74, 6) is 0.887. The SMILES string of the molecule is Cc1ccc(Oc2ncc(Br)cc2N)c(Cl)c1. The summed E-state index contributed by atoms with van der Waals surface area (Å²) in [6, 6.07) is 7.26. The Bertz CT molecular complexity index is 511. The van der Waals surface area contributed by atoms with Crippen molar-refractivity contribution in [2.24, 2.45) is 0 Å². The number of halogens is 2. The number of pyridine rings is 1. The van der Waals surface area contributed by atoms with E-state index in [-0.39, 0.29) is 0 Å². The predicted molar refractivity (Wildman–Crippen MR) is 72.6 cm³/mol. The van der Waals surface area contributed by atoms with Gasteiger partial charge >= 0.3 is 0 Å². The van der Waals surface area contributed by atoms with Crippen molar-refractivity contribution in [1.29, 1.82) is 0 Å². The number of hydrogen-bond donors (Lipinski definition) is 1. The van der Waals surface area contributed by atoms with Crippen molar-refractivity contribution >= 4 is 33.2 Å². The van der Waals surface area contributed by atoms with Gasteiger partial charge in [-0.3, -0.25) is 0 Å². The molecule has 0 aliphatic heterocycles. The number of aromatic nitrogens is 1. The van der Waals surface area contributed by atoms with E-state index in [0.29, 0.717) is 22.3 Å². The Kier molecular flexibility index (Phi) is 3.54. The molecule has 1 aromatic carbocycles. The third-order valence-corrected chi connectivity index (χ3v) is 2.87.